The van der Waals surface area contributed by atoms with Gasteiger partial charge in [0.2, 0.25) is 11.2 Å². The molecule has 4 bridgehead atoms. The first-order chi connectivity index (χ1) is 5.21. The van der Waals surface area contributed by atoms with Crippen LogP contribution in [0.1, 0.15) is 19.4 Å². The minimum atomic E-state index is 0.00116. The maximum Gasteiger partial charge on any atom is 0.210 e. The molecule has 0 unspecified atom stereocenters. The molecule has 0 amide bonds. The zero-order chi connectivity index (χ0) is 7.64. The Labute approximate surface area is 63.6 Å². The Balaban J connectivity index is 2.56. The lowest BCUT2D eigenvalue weighted by Gasteiger charge is -2.16. The third kappa shape index (κ3) is 0.372. The minimum Gasteiger partial charge on any atom is -0.373 e. The number of hydrogen-bond acceptors (Lipinski definition) is 2. The van der Waals surface area contributed by atoms with Crippen molar-refractivity contribution in [3.8, 4) is 0 Å². The molecule has 11 heavy (non-hydrogen) atoms. The third-order valence-corrected chi connectivity index (χ3v) is 2.43. The Kier molecular flexibility index (Phi) is 0.600. The average Bonchev–Trinajstić information content (AvgIpc) is 2.20. The molecule has 2 aromatic rings. The monoisotopic (exact) mass is 148 g/mol. The third-order valence-electron chi connectivity index (χ3n) is 2.43. The second-order valence-electron chi connectivity index (χ2n) is 3.46. The largest absolute Gasteiger partial charge is 0.373 e. The van der Waals surface area contributed by atoms with Gasteiger partial charge in [0.15, 0.2) is 0 Å². The van der Waals surface area contributed by atoms with Crippen LogP contribution in [0.4, 0.5) is 0 Å². The van der Waals surface area contributed by atoms with E-state index in [4.69, 9.17) is 4.52 Å². The van der Waals surface area contributed by atoms with Crippen LogP contribution in [0.3, 0.4) is 0 Å². The van der Waals surface area contributed by atoms with Crippen molar-refractivity contribution < 1.29 is 4.52 Å². The Morgan fingerprint density at radius 1 is 1.55 bits per heavy atom. The van der Waals surface area contributed by atoms with Crippen molar-refractivity contribution in [3.63, 3.8) is 0 Å². The van der Waals surface area contributed by atoms with Crippen molar-refractivity contribution in [1.82, 2.24) is 9.72 Å². The fraction of sp³-hybridized carbons (Fsp3) is 0.375. The topological polar surface area (TPSA) is 31.0 Å². The predicted molar refractivity (Wildman–Crippen MR) is 40.4 cm³/mol. The molecule has 0 spiro atoms. The van der Waals surface area contributed by atoms with E-state index in [1.807, 2.05) is 17.0 Å². The molecule has 0 saturated heterocycles. The summed E-state index contributed by atoms with van der Waals surface area (Å²) in [6.45, 7) is 4.26. The molecule has 2 aromatic heterocycles. The second-order valence-corrected chi connectivity index (χ2v) is 3.46. The molecule has 4 rings (SSSR count). The molecule has 0 atom stereocenters. The van der Waals surface area contributed by atoms with E-state index in [0.717, 1.165) is 11.2 Å². The summed E-state index contributed by atoms with van der Waals surface area (Å²) in [6.07, 6.45) is 1.83. The van der Waals surface area contributed by atoms with Crippen molar-refractivity contribution in [2.24, 2.45) is 0 Å². The molecular formula is C8H8N2O. The molecule has 3 heteroatoms. The van der Waals surface area contributed by atoms with Gasteiger partial charge in [0.25, 0.3) is 0 Å². The van der Waals surface area contributed by atoms with Crippen LogP contribution in [0.2, 0.25) is 0 Å². The summed E-state index contributed by atoms with van der Waals surface area (Å²) in [5.74, 6) is 0. The number of aromatic nitrogens is 2. The normalized spacial score (nSPS) is 18.7. The molecular weight excluding hydrogens is 140 g/mol. The zero-order valence-electron chi connectivity index (χ0n) is 6.46. The van der Waals surface area contributed by atoms with Gasteiger partial charge >= 0.3 is 0 Å². The van der Waals surface area contributed by atoms with Crippen LogP contribution >= 0.6 is 0 Å². The van der Waals surface area contributed by atoms with Crippen LogP contribution in [-0.4, -0.2) is 9.72 Å². The van der Waals surface area contributed by atoms with Gasteiger partial charge in [-0.2, -0.15) is 4.74 Å². The fourth-order valence-corrected chi connectivity index (χ4v) is 1.74. The maximum absolute atomic E-state index is 5.36. The van der Waals surface area contributed by atoms with E-state index in [-0.39, 0.29) is 5.54 Å². The summed E-state index contributed by atoms with van der Waals surface area (Å²) in [6, 6.07) is 2.02. The summed E-state index contributed by atoms with van der Waals surface area (Å²) in [5.41, 5.74) is 3.22. The van der Waals surface area contributed by atoms with Gasteiger partial charge in [-0.3, -0.25) is 0 Å². The Hall–Kier alpha value is -1.25. The van der Waals surface area contributed by atoms with E-state index >= 15 is 0 Å². The van der Waals surface area contributed by atoms with Gasteiger partial charge < -0.3 is 4.52 Å². The SMILES string of the molecule is CC1(C)c2ccnc3c2on31. The molecule has 56 valence electrons. The highest BCUT2D eigenvalue weighted by Gasteiger charge is 2.40. The number of rotatable bonds is 0. The summed E-state index contributed by atoms with van der Waals surface area (Å²) in [5, 5.41) is 0. The van der Waals surface area contributed by atoms with Crippen molar-refractivity contribution in [3.05, 3.63) is 17.8 Å². The van der Waals surface area contributed by atoms with Crippen molar-refractivity contribution in [2.75, 3.05) is 0 Å². The number of pyridine rings is 1. The highest BCUT2D eigenvalue weighted by molar-refractivity contribution is 5.79. The van der Waals surface area contributed by atoms with E-state index in [1.54, 1.807) is 0 Å². The molecule has 0 aliphatic carbocycles. The molecule has 0 radical (unpaired) electrons. The van der Waals surface area contributed by atoms with E-state index in [1.165, 1.54) is 5.56 Å². The van der Waals surface area contributed by atoms with Gasteiger partial charge in [-0.15, -0.1) is 0 Å². The average molecular weight is 148 g/mol. The van der Waals surface area contributed by atoms with Crippen molar-refractivity contribution in [1.29, 1.82) is 0 Å². The first kappa shape index (κ1) is 5.41. The molecule has 0 saturated carbocycles. The van der Waals surface area contributed by atoms with Crippen LogP contribution in [0.25, 0.3) is 11.2 Å². The van der Waals surface area contributed by atoms with Gasteiger partial charge in [0, 0.05) is 11.8 Å². The molecule has 0 aromatic carbocycles. The van der Waals surface area contributed by atoms with E-state index in [2.05, 4.69) is 18.8 Å². The van der Waals surface area contributed by atoms with Crippen LogP contribution in [0.15, 0.2) is 16.8 Å². The van der Waals surface area contributed by atoms with Crippen LogP contribution < -0.4 is 0 Å². The Morgan fingerprint density at radius 3 is 3.00 bits per heavy atom. The van der Waals surface area contributed by atoms with Gasteiger partial charge in [-0.25, -0.2) is 4.98 Å². The lowest BCUT2D eigenvalue weighted by atomic mass is 9.99. The Morgan fingerprint density at radius 2 is 2.36 bits per heavy atom. The lowest BCUT2D eigenvalue weighted by molar-refractivity contribution is 0.216. The highest BCUT2D eigenvalue weighted by atomic mass is 16.5. The van der Waals surface area contributed by atoms with E-state index in [0.29, 0.717) is 0 Å². The number of hydrogen-bond donors (Lipinski definition) is 0. The second kappa shape index (κ2) is 1.22. The predicted octanol–water partition coefficient (Wildman–Crippen LogP) is 1.73. The quantitative estimate of drug-likeness (QED) is 0.569. The smallest absolute Gasteiger partial charge is 0.210 e. The van der Waals surface area contributed by atoms with E-state index in [9.17, 15) is 0 Å². The van der Waals surface area contributed by atoms with Gasteiger partial charge in [-0.1, -0.05) is 0 Å². The summed E-state index contributed by atoms with van der Waals surface area (Å²) < 4.78 is 7.22. The molecule has 2 aliphatic heterocycles. The first-order valence-corrected chi connectivity index (χ1v) is 3.69. The Bertz CT molecular complexity index is 436. The van der Waals surface area contributed by atoms with E-state index < -0.39 is 0 Å². The van der Waals surface area contributed by atoms with Gasteiger partial charge in [0.1, 0.15) is 5.54 Å². The van der Waals surface area contributed by atoms with Crippen molar-refractivity contribution in [2.45, 2.75) is 19.4 Å². The zero-order valence-corrected chi connectivity index (χ0v) is 6.46. The highest BCUT2D eigenvalue weighted by Crippen LogP contribution is 2.42. The molecule has 4 heterocycles. The molecule has 2 aliphatic rings. The summed E-state index contributed by atoms with van der Waals surface area (Å²) >= 11 is 0. The molecule has 3 nitrogen and oxygen atoms in total. The lowest BCUT2D eigenvalue weighted by Crippen LogP contribution is -2.21. The van der Waals surface area contributed by atoms with Gasteiger partial charge in [-0.05, 0) is 19.9 Å². The van der Waals surface area contributed by atoms with Crippen LogP contribution in [-0.2, 0) is 5.54 Å². The van der Waals surface area contributed by atoms with Gasteiger partial charge in [0.05, 0.1) is 0 Å². The minimum absolute atomic E-state index is 0.00116. The molecule has 0 N–H and O–H groups in total. The first-order valence-electron chi connectivity index (χ1n) is 3.69. The maximum atomic E-state index is 5.36. The summed E-state index contributed by atoms with van der Waals surface area (Å²) in [7, 11) is 0. The standard InChI is InChI=1S/C8H8N2O/c1-8(2)5-3-4-9-7-6(5)11-10(7)8/h3-4H,1-2H3. The van der Waals surface area contributed by atoms with Crippen LogP contribution in [0.5, 0.6) is 0 Å². The van der Waals surface area contributed by atoms with Crippen molar-refractivity contribution >= 4 is 11.2 Å². The fourth-order valence-electron chi connectivity index (χ4n) is 1.74. The number of nitrogens with zero attached hydrogens (tertiary/aromatic N) is 2. The van der Waals surface area contributed by atoms with Crippen LogP contribution in [0, 0.1) is 0 Å². The molecule has 0 fully saturated rings. The summed E-state index contributed by atoms with van der Waals surface area (Å²) in [4.78, 5) is 4.20.